The molecule has 0 atom stereocenters. The molecule has 5 heavy (non-hydrogen) atoms. The van der Waals surface area contributed by atoms with Gasteiger partial charge in [0.15, 0.2) is 0 Å². The molecule has 0 heteroatoms. The molecular formula is C5H7. The van der Waals surface area contributed by atoms with E-state index in [9.17, 15) is 0 Å². The van der Waals surface area contributed by atoms with Crippen LogP contribution < -0.4 is 0 Å². The van der Waals surface area contributed by atoms with Crippen molar-refractivity contribution in [1.29, 1.82) is 0 Å². The van der Waals surface area contributed by atoms with E-state index in [1.807, 2.05) is 0 Å². The van der Waals surface area contributed by atoms with Crippen LogP contribution in [0.2, 0.25) is 0 Å². The van der Waals surface area contributed by atoms with E-state index in [0.717, 1.165) is 0 Å². The van der Waals surface area contributed by atoms with E-state index in [1.165, 1.54) is 12.8 Å². The Morgan fingerprint density at radius 1 is 1.00 bits per heavy atom. The van der Waals surface area contributed by atoms with Crippen LogP contribution in [-0.4, -0.2) is 0 Å². The van der Waals surface area contributed by atoms with Crippen molar-refractivity contribution in [2.45, 2.75) is 12.8 Å². The zero-order valence-corrected chi connectivity index (χ0v) is 3.15. The molecule has 0 heterocycles. The molecule has 0 N–H and O–H groups in total. The lowest BCUT2D eigenvalue weighted by atomic mass is 10.4. The summed E-state index contributed by atoms with van der Waals surface area (Å²) in [5, 5.41) is 0. The van der Waals surface area contributed by atoms with Crippen molar-refractivity contribution in [1.82, 2.24) is 0 Å². The summed E-state index contributed by atoms with van der Waals surface area (Å²) in [6.07, 6.45) is 9.00. The lowest BCUT2D eigenvalue weighted by molar-refractivity contribution is 1.20. The van der Waals surface area contributed by atoms with Crippen LogP contribution in [0.5, 0.6) is 0 Å². The molecule has 0 fully saturated rings. The quantitative estimate of drug-likeness (QED) is 0.377. The largest absolute Gasteiger partial charge is 0.0882 e. The second-order valence-corrected chi connectivity index (χ2v) is 1.23. The molecule has 0 aromatic heterocycles. The summed E-state index contributed by atoms with van der Waals surface area (Å²) in [4.78, 5) is 0. The molecule has 1 rings (SSSR count). The Balaban J connectivity index is 2.32. The highest BCUT2D eigenvalue weighted by Crippen LogP contribution is 2.03. The third-order valence-corrected chi connectivity index (χ3v) is 0.772. The first kappa shape index (κ1) is 2.95. The minimum Gasteiger partial charge on any atom is -0.0882 e. The average Bonchev–Trinajstić information content (AvgIpc) is 1.76. The van der Waals surface area contributed by atoms with E-state index < -0.39 is 0 Å². The lowest BCUT2D eigenvalue weighted by Crippen LogP contribution is -1.52. The summed E-state index contributed by atoms with van der Waals surface area (Å²) < 4.78 is 0. The fourth-order valence-electron chi connectivity index (χ4n) is 0.481. The van der Waals surface area contributed by atoms with E-state index in [1.54, 1.807) is 0 Å². The molecule has 0 saturated heterocycles. The fourth-order valence-corrected chi connectivity index (χ4v) is 0.481. The summed E-state index contributed by atoms with van der Waals surface area (Å²) in [5.41, 5.74) is 0. The Labute approximate surface area is 32.5 Å². The van der Waals surface area contributed by atoms with Crippen molar-refractivity contribution >= 4 is 0 Å². The van der Waals surface area contributed by atoms with Gasteiger partial charge in [-0.3, -0.25) is 0 Å². The van der Waals surface area contributed by atoms with Gasteiger partial charge in [0.05, 0.1) is 0 Å². The van der Waals surface area contributed by atoms with Crippen molar-refractivity contribution in [3.05, 3.63) is 18.6 Å². The van der Waals surface area contributed by atoms with Crippen molar-refractivity contribution in [3.8, 4) is 0 Å². The molecule has 0 spiro atoms. The minimum absolute atomic E-state index is 1.19. The van der Waals surface area contributed by atoms with Gasteiger partial charge in [0.2, 0.25) is 0 Å². The highest BCUT2D eigenvalue weighted by atomic mass is 13.9. The maximum atomic E-state index is 2.25. The molecule has 0 aromatic rings. The van der Waals surface area contributed by atoms with Gasteiger partial charge < -0.3 is 0 Å². The molecule has 0 unspecified atom stereocenters. The van der Waals surface area contributed by atoms with Gasteiger partial charge in [-0.1, -0.05) is 12.2 Å². The van der Waals surface area contributed by atoms with E-state index in [2.05, 4.69) is 18.6 Å². The molecule has 27 valence electrons. The van der Waals surface area contributed by atoms with Gasteiger partial charge in [-0.2, -0.15) is 0 Å². The third kappa shape index (κ3) is 0.504. The maximum absolute atomic E-state index is 2.25. The predicted octanol–water partition coefficient (Wildman–Crippen LogP) is 1.54. The monoisotopic (exact) mass is 67.1 g/mol. The van der Waals surface area contributed by atoms with Gasteiger partial charge >= 0.3 is 0 Å². The zero-order chi connectivity index (χ0) is 3.54. The third-order valence-electron chi connectivity index (χ3n) is 0.772. The Kier molecular flexibility index (Phi) is 0.738. The Bertz CT molecular complexity index is 38.0. The lowest BCUT2D eigenvalue weighted by Gasteiger charge is -1.68. The molecule has 0 amide bonds. The Morgan fingerprint density at radius 3 is 1.80 bits per heavy atom. The van der Waals surface area contributed by atoms with Crippen LogP contribution in [0.3, 0.4) is 0 Å². The first-order chi connectivity index (χ1) is 2.50. The number of hydrogen-bond acceptors (Lipinski definition) is 0. The van der Waals surface area contributed by atoms with E-state index in [0.29, 0.717) is 0 Å². The van der Waals surface area contributed by atoms with E-state index in [4.69, 9.17) is 0 Å². The molecule has 1 aliphatic rings. The van der Waals surface area contributed by atoms with Gasteiger partial charge in [0.25, 0.3) is 0 Å². The van der Waals surface area contributed by atoms with Crippen molar-refractivity contribution in [2.24, 2.45) is 0 Å². The highest BCUT2D eigenvalue weighted by molar-refractivity contribution is 4.98. The summed E-state index contributed by atoms with van der Waals surface area (Å²) in [6.45, 7) is 0. The first-order valence-electron chi connectivity index (χ1n) is 1.97. The van der Waals surface area contributed by atoms with Crippen molar-refractivity contribution < 1.29 is 0 Å². The van der Waals surface area contributed by atoms with Gasteiger partial charge in [0.1, 0.15) is 0 Å². The molecule has 0 aromatic carbocycles. The fraction of sp³-hybridized carbons (Fsp3) is 0.400. The van der Waals surface area contributed by atoms with Gasteiger partial charge in [-0.05, 0) is 19.3 Å². The number of rotatable bonds is 0. The molecular weight excluding hydrogens is 60.1 g/mol. The van der Waals surface area contributed by atoms with Gasteiger partial charge in [-0.15, -0.1) is 0 Å². The summed E-state index contributed by atoms with van der Waals surface area (Å²) in [6, 6.07) is 0. The Morgan fingerprint density at radius 2 is 1.60 bits per heavy atom. The van der Waals surface area contributed by atoms with Crippen LogP contribution in [0.25, 0.3) is 0 Å². The zero-order valence-electron chi connectivity index (χ0n) is 3.15. The SMILES string of the molecule is [CH]1CC=CC1. The summed E-state index contributed by atoms with van der Waals surface area (Å²) in [7, 11) is 0. The standard InChI is InChI=1S/C5H7/c1-2-4-5-3-1/h1-2,5H,3-4H2. The molecule has 1 radical (unpaired) electrons. The molecule has 1 aliphatic carbocycles. The maximum Gasteiger partial charge on any atom is -0.0311 e. The smallest absolute Gasteiger partial charge is 0.0311 e. The van der Waals surface area contributed by atoms with Crippen LogP contribution in [0.15, 0.2) is 12.2 Å². The van der Waals surface area contributed by atoms with Crippen LogP contribution in [-0.2, 0) is 0 Å². The second kappa shape index (κ2) is 1.25. The molecule has 0 saturated carbocycles. The topological polar surface area (TPSA) is 0 Å². The van der Waals surface area contributed by atoms with Crippen LogP contribution in [0.1, 0.15) is 12.8 Å². The number of hydrogen-bond donors (Lipinski definition) is 0. The number of allylic oxidation sites excluding steroid dienone is 2. The Hall–Kier alpha value is -0.260. The predicted molar refractivity (Wildman–Crippen MR) is 22.7 cm³/mol. The van der Waals surface area contributed by atoms with E-state index in [-0.39, 0.29) is 0 Å². The summed E-state index contributed by atoms with van der Waals surface area (Å²) in [5.74, 6) is 0. The normalized spacial score (nSPS) is 20.8. The van der Waals surface area contributed by atoms with Crippen LogP contribution in [0.4, 0.5) is 0 Å². The molecule has 0 bridgehead atoms. The van der Waals surface area contributed by atoms with Gasteiger partial charge in [-0.25, -0.2) is 0 Å². The molecule has 0 aliphatic heterocycles. The first-order valence-corrected chi connectivity index (χ1v) is 1.97. The highest BCUT2D eigenvalue weighted by Gasteiger charge is 1.85. The van der Waals surface area contributed by atoms with Crippen molar-refractivity contribution in [3.63, 3.8) is 0 Å². The van der Waals surface area contributed by atoms with Crippen LogP contribution in [0, 0.1) is 6.42 Å². The van der Waals surface area contributed by atoms with Crippen molar-refractivity contribution in [2.75, 3.05) is 0 Å². The summed E-state index contributed by atoms with van der Waals surface area (Å²) >= 11 is 0. The minimum atomic E-state index is 1.19. The average molecular weight is 67.1 g/mol. The van der Waals surface area contributed by atoms with E-state index >= 15 is 0 Å². The van der Waals surface area contributed by atoms with Gasteiger partial charge in [0, 0.05) is 0 Å². The second-order valence-electron chi connectivity index (χ2n) is 1.23. The van der Waals surface area contributed by atoms with Crippen LogP contribution >= 0.6 is 0 Å². The molecule has 0 nitrogen and oxygen atoms in total.